The monoisotopic (exact) mass is 280 g/mol. The van der Waals surface area contributed by atoms with Crippen LogP contribution in [0, 0.1) is 6.92 Å². The Morgan fingerprint density at radius 2 is 2.00 bits per heavy atom. The van der Waals surface area contributed by atoms with Crippen molar-refractivity contribution in [3.63, 3.8) is 0 Å². The van der Waals surface area contributed by atoms with Gasteiger partial charge in [-0.3, -0.25) is 4.98 Å². The zero-order chi connectivity index (χ0) is 14.7. The van der Waals surface area contributed by atoms with Crippen molar-refractivity contribution in [2.24, 2.45) is 0 Å². The van der Waals surface area contributed by atoms with E-state index in [9.17, 15) is 0 Å². The van der Waals surface area contributed by atoms with Gasteiger partial charge in [-0.1, -0.05) is 31.2 Å². The molecule has 1 atom stereocenters. The molecule has 1 aromatic carbocycles. The van der Waals surface area contributed by atoms with E-state index in [2.05, 4.69) is 35.4 Å². The van der Waals surface area contributed by atoms with Gasteiger partial charge in [0.2, 0.25) is 0 Å². The lowest BCUT2D eigenvalue weighted by Gasteiger charge is -2.20. The third-order valence-corrected chi connectivity index (χ3v) is 3.82. The average Bonchev–Trinajstić information content (AvgIpc) is 2.94. The Morgan fingerprint density at radius 3 is 2.76 bits per heavy atom. The molecule has 21 heavy (non-hydrogen) atoms. The smallest absolute Gasteiger partial charge is 0.105 e. The molecule has 2 aromatic heterocycles. The fourth-order valence-corrected chi connectivity index (χ4v) is 2.74. The Morgan fingerprint density at radius 1 is 1.14 bits per heavy atom. The predicted octanol–water partition coefficient (Wildman–Crippen LogP) is 4.23. The molecule has 1 N–H and O–H groups in total. The number of hydrogen-bond donors (Lipinski definition) is 1. The summed E-state index contributed by atoms with van der Waals surface area (Å²) in [5, 5.41) is 6.02. The lowest BCUT2D eigenvalue weighted by molar-refractivity contribution is 0.517. The molecule has 1 unspecified atom stereocenters. The number of rotatable bonds is 5. The van der Waals surface area contributed by atoms with Crippen molar-refractivity contribution >= 4 is 10.8 Å². The van der Waals surface area contributed by atoms with Gasteiger partial charge in [0.25, 0.3) is 0 Å². The van der Waals surface area contributed by atoms with Crippen LogP contribution in [0.4, 0.5) is 0 Å². The van der Waals surface area contributed by atoms with Crippen LogP contribution in [0.15, 0.2) is 53.4 Å². The second kappa shape index (κ2) is 6.10. The highest BCUT2D eigenvalue weighted by Crippen LogP contribution is 2.30. The first-order valence-electron chi connectivity index (χ1n) is 7.41. The van der Waals surface area contributed by atoms with Gasteiger partial charge >= 0.3 is 0 Å². The maximum absolute atomic E-state index is 5.50. The molecule has 0 amide bonds. The van der Waals surface area contributed by atoms with E-state index in [0.717, 1.165) is 18.7 Å². The first-order chi connectivity index (χ1) is 10.3. The minimum atomic E-state index is 0.113. The molecule has 0 saturated heterocycles. The maximum Gasteiger partial charge on any atom is 0.105 e. The molecule has 3 nitrogen and oxygen atoms in total. The standard InChI is InChI=1S/C18H20N2O/c1-3-9-20-18(15-8-10-21-13(15)2)17-12-19-11-14-6-4-5-7-16(14)17/h4-8,10-12,18,20H,3,9H2,1-2H3. The first kappa shape index (κ1) is 13.8. The quantitative estimate of drug-likeness (QED) is 0.760. The Balaban J connectivity index is 2.12. The number of aromatic nitrogens is 1. The zero-order valence-electron chi connectivity index (χ0n) is 12.5. The highest BCUT2D eigenvalue weighted by molar-refractivity contribution is 5.85. The fourth-order valence-electron chi connectivity index (χ4n) is 2.74. The van der Waals surface area contributed by atoms with E-state index in [1.165, 1.54) is 21.9 Å². The second-order valence-corrected chi connectivity index (χ2v) is 5.27. The molecule has 3 heteroatoms. The summed E-state index contributed by atoms with van der Waals surface area (Å²) in [6, 6.07) is 10.5. The molecular weight excluding hydrogens is 260 g/mol. The normalized spacial score (nSPS) is 12.7. The van der Waals surface area contributed by atoms with Crippen molar-refractivity contribution in [1.82, 2.24) is 10.3 Å². The van der Waals surface area contributed by atoms with Gasteiger partial charge in [-0.05, 0) is 36.9 Å². The zero-order valence-corrected chi connectivity index (χ0v) is 12.5. The third kappa shape index (κ3) is 2.69. The van der Waals surface area contributed by atoms with Crippen molar-refractivity contribution in [3.8, 4) is 0 Å². The molecule has 0 aliphatic heterocycles. The summed E-state index contributed by atoms with van der Waals surface area (Å²) in [7, 11) is 0. The van der Waals surface area contributed by atoms with Crippen molar-refractivity contribution < 1.29 is 4.42 Å². The largest absolute Gasteiger partial charge is 0.469 e. The summed E-state index contributed by atoms with van der Waals surface area (Å²) < 4.78 is 5.50. The number of furan rings is 1. The maximum atomic E-state index is 5.50. The van der Waals surface area contributed by atoms with Crippen LogP contribution >= 0.6 is 0 Å². The molecule has 3 rings (SSSR count). The lowest BCUT2D eigenvalue weighted by atomic mass is 9.96. The molecule has 108 valence electrons. The summed E-state index contributed by atoms with van der Waals surface area (Å²) in [4.78, 5) is 4.41. The summed E-state index contributed by atoms with van der Waals surface area (Å²) in [6.07, 6.45) is 6.72. The predicted molar refractivity (Wildman–Crippen MR) is 85.3 cm³/mol. The Hall–Kier alpha value is -2.13. The van der Waals surface area contributed by atoms with Crippen LogP contribution in [0.1, 0.15) is 36.3 Å². The Bertz CT molecular complexity index is 727. The highest BCUT2D eigenvalue weighted by atomic mass is 16.3. The van der Waals surface area contributed by atoms with Gasteiger partial charge in [-0.25, -0.2) is 0 Å². The molecular formula is C18H20N2O. The van der Waals surface area contributed by atoms with Crippen LogP contribution in [-0.4, -0.2) is 11.5 Å². The van der Waals surface area contributed by atoms with Crippen molar-refractivity contribution in [2.75, 3.05) is 6.54 Å². The van der Waals surface area contributed by atoms with Gasteiger partial charge in [0.15, 0.2) is 0 Å². The highest BCUT2D eigenvalue weighted by Gasteiger charge is 2.19. The van der Waals surface area contributed by atoms with Crippen molar-refractivity contribution in [3.05, 3.63) is 65.9 Å². The van der Waals surface area contributed by atoms with Gasteiger partial charge in [-0.15, -0.1) is 0 Å². The number of benzene rings is 1. The van der Waals surface area contributed by atoms with Gasteiger partial charge in [0.05, 0.1) is 12.3 Å². The minimum absolute atomic E-state index is 0.113. The van der Waals surface area contributed by atoms with Crippen LogP contribution in [0.5, 0.6) is 0 Å². The van der Waals surface area contributed by atoms with Crippen molar-refractivity contribution in [1.29, 1.82) is 0 Å². The van der Waals surface area contributed by atoms with Crippen LogP contribution in [-0.2, 0) is 0 Å². The topological polar surface area (TPSA) is 38.1 Å². The molecule has 3 aromatic rings. The SMILES string of the molecule is CCCNC(c1ccoc1C)c1cncc2ccccc12. The van der Waals surface area contributed by atoms with E-state index in [1.807, 2.05) is 31.5 Å². The van der Waals surface area contributed by atoms with Crippen LogP contribution < -0.4 is 5.32 Å². The molecule has 0 radical (unpaired) electrons. The third-order valence-electron chi connectivity index (χ3n) is 3.82. The summed E-state index contributed by atoms with van der Waals surface area (Å²) in [6.45, 7) is 5.14. The molecule has 0 spiro atoms. The molecule has 0 saturated carbocycles. The van der Waals surface area contributed by atoms with E-state index >= 15 is 0 Å². The fraction of sp³-hybridized carbons (Fsp3) is 0.278. The number of nitrogens with one attached hydrogen (secondary N) is 1. The van der Waals surface area contributed by atoms with Crippen molar-refractivity contribution in [2.45, 2.75) is 26.3 Å². The number of aryl methyl sites for hydroxylation is 1. The second-order valence-electron chi connectivity index (χ2n) is 5.27. The minimum Gasteiger partial charge on any atom is -0.469 e. The van der Waals surface area contributed by atoms with Gasteiger partial charge in [0.1, 0.15) is 5.76 Å². The lowest BCUT2D eigenvalue weighted by Crippen LogP contribution is -2.23. The van der Waals surface area contributed by atoms with Gasteiger partial charge in [-0.2, -0.15) is 0 Å². The molecule has 2 heterocycles. The van der Waals surface area contributed by atoms with Crippen LogP contribution in [0.2, 0.25) is 0 Å². The number of fused-ring (bicyclic) bond motifs is 1. The van der Waals surface area contributed by atoms with Gasteiger partial charge in [0, 0.05) is 23.3 Å². The molecule has 0 aliphatic rings. The van der Waals surface area contributed by atoms with E-state index in [-0.39, 0.29) is 6.04 Å². The van der Waals surface area contributed by atoms with Gasteiger partial charge < -0.3 is 9.73 Å². The van der Waals surface area contributed by atoms with Crippen LogP contribution in [0.25, 0.3) is 10.8 Å². The summed E-state index contributed by atoms with van der Waals surface area (Å²) in [5.74, 6) is 0.955. The average molecular weight is 280 g/mol. The first-order valence-corrected chi connectivity index (χ1v) is 7.41. The number of hydrogen-bond acceptors (Lipinski definition) is 3. The van der Waals surface area contributed by atoms with E-state index in [1.54, 1.807) is 6.26 Å². The molecule has 0 fully saturated rings. The Labute approximate surface area is 125 Å². The Kier molecular flexibility index (Phi) is 4.02. The summed E-state index contributed by atoms with van der Waals surface area (Å²) >= 11 is 0. The van der Waals surface area contributed by atoms with Crippen LogP contribution in [0.3, 0.4) is 0 Å². The van der Waals surface area contributed by atoms with E-state index in [0.29, 0.717) is 0 Å². The number of nitrogens with zero attached hydrogens (tertiary/aromatic N) is 1. The number of pyridine rings is 1. The van der Waals surface area contributed by atoms with E-state index < -0.39 is 0 Å². The molecule has 0 aliphatic carbocycles. The summed E-state index contributed by atoms with van der Waals surface area (Å²) in [5.41, 5.74) is 2.38. The van der Waals surface area contributed by atoms with E-state index in [4.69, 9.17) is 4.42 Å². The molecule has 0 bridgehead atoms.